The lowest BCUT2D eigenvalue weighted by Crippen LogP contribution is -2.69. The van der Waals surface area contributed by atoms with E-state index in [-0.39, 0.29) is 0 Å². The molecule has 0 aromatic carbocycles. The van der Waals surface area contributed by atoms with Crippen molar-refractivity contribution in [1.82, 2.24) is 0 Å². The molecule has 15 atom stereocenters. The maximum atomic E-state index is 13.0. The zero-order valence-electron chi connectivity index (χ0n) is 38.3. The molecule has 67 heavy (non-hydrogen) atoms. The van der Waals surface area contributed by atoms with E-state index in [9.17, 15) is 52.7 Å². The number of hydrogen-bond acceptors (Lipinski definition) is 27. The summed E-state index contributed by atoms with van der Waals surface area (Å²) in [5.74, 6) is -10.7. The predicted octanol–water partition coefficient (Wildman–Crippen LogP) is -1.29. The molecule has 0 aromatic heterocycles. The maximum absolute atomic E-state index is 13.0. The Bertz CT molecular complexity index is 1850. The van der Waals surface area contributed by atoms with Gasteiger partial charge in [-0.2, -0.15) is 0 Å². The van der Waals surface area contributed by atoms with E-state index in [1.807, 2.05) is 0 Å². The molecule has 0 radical (unpaired) electrons. The number of ether oxygens (including phenoxy) is 16. The minimum atomic E-state index is -2.10. The van der Waals surface area contributed by atoms with Crippen LogP contribution in [-0.2, 0) is 129 Å². The van der Waals surface area contributed by atoms with Crippen LogP contribution in [0.4, 0.5) is 0 Å². The number of carbonyl (C=O) groups excluding carboxylic acids is 11. The van der Waals surface area contributed by atoms with Crippen LogP contribution in [0.5, 0.6) is 0 Å². The summed E-state index contributed by atoms with van der Waals surface area (Å²) in [7, 11) is 0. The van der Waals surface area contributed by atoms with Crippen LogP contribution in [-0.4, -0.2) is 178 Å². The normalized spacial score (nSPS) is 31.2. The first kappa shape index (κ1) is 55.3. The van der Waals surface area contributed by atoms with E-state index in [1.165, 1.54) is 0 Å². The SMILES string of the molecule is CC(=O)OCC1OC(OC2C(OC(C)=O)C(COC(C)=O)OC(OC3C(COC(C)=O)OC(OC(C)=O)C(OC(C)=O)C3OC(C)=O)C2OC(C)=O)C(OC(C)=O)C(OC(C)=O)C1OC(C)=O. The second kappa shape index (κ2) is 25.2. The summed E-state index contributed by atoms with van der Waals surface area (Å²) in [5.41, 5.74) is 0. The molecule has 15 unspecified atom stereocenters. The monoisotopic (exact) mass is 966 g/mol. The molecule has 0 spiro atoms. The first-order valence-electron chi connectivity index (χ1n) is 20.3. The van der Waals surface area contributed by atoms with Crippen molar-refractivity contribution in [2.75, 3.05) is 19.8 Å². The van der Waals surface area contributed by atoms with Gasteiger partial charge in [-0.3, -0.25) is 52.7 Å². The number of esters is 11. The van der Waals surface area contributed by atoms with E-state index in [2.05, 4.69) is 0 Å². The lowest BCUT2D eigenvalue weighted by Gasteiger charge is -2.50. The van der Waals surface area contributed by atoms with Crippen LogP contribution >= 0.6 is 0 Å². The molecule has 0 N–H and O–H groups in total. The molecule has 3 fully saturated rings. The highest BCUT2D eigenvalue weighted by Gasteiger charge is 2.60. The van der Waals surface area contributed by atoms with E-state index in [0.29, 0.717) is 0 Å². The van der Waals surface area contributed by atoms with E-state index in [4.69, 9.17) is 75.8 Å². The smallest absolute Gasteiger partial charge is 0.305 e. The molecule has 0 bridgehead atoms. The first-order chi connectivity index (χ1) is 31.3. The Labute approximate surface area is 382 Å². The standard InChI is InChI=1S/C40H54O27/c1-15(41)52-12-26-29(55-18(4)44)32(57-20(6)46)36(60-23(9)49)40(65-26)67-34-30(56-19(5)45)27(13-53-16(2)42)64-39(37(34)61-24(10)50)66-31-28(14-54-17(3)43)63-38(62-25(11)51)35(59-22(8)48)33(31)58-21(7)47/h26-40H,12-14H2,1-11H3. The van der Waals surface area contributed by atoms with Gasteiger partial charge in [0, 0.05) is 76.2 Å². The van der Waals surface area contributed by atoms with Crippen LogP contribution in [0.15, 0.2) is 0 Å². The van der Waals surface area contributed by atoms with E-state index < -0.39 is 178 Å². The summed E-state index contributed by atoms with van der Waals surface area (Å²) in [6.07, 6.45) is -27.7. The Morgan fingerprint density at radius 3 is 0.851 bits per heavy atom. The zero-order valence-corrected chi connectivity index (χ0v) is 38.3. The lowest BCUT2D eigenvalue weighted by atomic mass is 9.95. The molecule has 3 aliphatic heterocycles. The van der Waals surface area contributed by atoms with Crippen molar-refractivity contribution in [2.45, 2.75) is 168 Å². The van der Waals surface area contributed by atoms with Crippen LogP contribution < -0.4 is 0 Å². The second-order valence-electron chi connectivity index (χ2n) is 14.9. The van der Waals surface area contributed by atoms with Crippen molar-refractivity contribution in [1.29, 1.82) is 0 Å². The van der Waals surface area contributed by atoms with Crippen LogP contribution in [0.1, 0.15) is 76.2 Å². The summed E-state index contributed by atoms with van der Waals surface area (Å²) in [4.78, 5) is 137. The van der Waals surface area contributed by atoms with Gasteiger partial charge < -0.3 is 75.8 Å². The molecule has 0 amide bonds. The molecular formula is C40H54O27. The Morgan fingerprint density at radius 1 is 0.269 bits per heavy atom. The fraction of sp³-hybridized carbons (Fsp3) is 0.725. The molecule has 376 valence electrons. The van der Waals surface area contributed by atoms with Crippen molar-refractivity contribution in [3.05, 3.63) is 0 Å². The highest BCUT2D eigenvalue weighted by atomic mass is 16.8. The molecule has 0 aromatic rings. The van der Waals surface area contributed by atoms with Crippen molar-refractivity contribution in [2.24, 2.45) is 0 Å². The molecule has 3 heterocycles. The Hall–Kier alpha value is -6.03. The molecule has 0 saturated carbocycles. The quantitative estimate of drug-likeness (QED) is 0.114. The van der Waals surface area contributed by atoms with Gasteiger partial charge in [-0.1, -0.05) is 0 Å². The summed E-state index contributed by atoms with van der Waals surface area (Å²) >= 11 is 0. The molecule has 0 aliphatic carbocycles. The minimum absolute atomic E-state index is 0.714. The fourth-order valence-corrected chi connectivity index (χ4v) is 7.01. The second-order valence-corrected chi connectivity index (χ2v) is 14.9. The largest absolute Gasteiger partial charge is 0.463 e. The molecule has 3 saturated heterocycles. The third-order valence-corrected chi connectivity index (χ3v) is 9.11. The Morgan fingerprint density at radius 2 is 0.507 bits per heavy atom. The predicted molar refractivity (Wildman–Crippen MR) is 206 cm³/mol. The third kappa shape index (κ3) is 17.0. The highest BCUT2D eigenvalue weighted by molar-refractivity contribution is 5.70. The third-order valence-electron chi connectivity index (χ3n) is 9.11. The average molecular weight is 967 g/mol. The van der Waals surface area contributed by atoms with Crippen LogP contribution in [0, 0.1) is 0 Å². The number of rotatable bonds is 18. The van der Waals surface area contributed by atoms with Gasteiger partial charge in [0.15, 0.2) is 49.2 Å². The van der Waals surface area contributed by atoms with Crippen molar-refractivity contribution < 1.29 is 129 Å². The highest BCUT2D eigenvalue weighted by Crippen LogP contribution is 2.38. The zero-order chi connectivity index (χ0) is 50.4. The van der Waals surface area contributed by atoms with Gasteiger partial charge in [-0.05, 0) is 0 Å². The summed E-state index contributed by atoms with van der Waals surface area (Å²) < 4.78 is 90.6. The minimum Gasteiger partial charge on any atom is -0.463 e. The summed E-state index contributed by atoms with van der Waals surface area (Å²) in [5, 5.41) is 0. The number of carbonyl (C=O) groups is 11. The molecule has 3 rings (SSSR count). The van der Waals surface area contributed by atoms with E-state index in [1.54, 1.807) is 0 Å². The molecule has 27 heteroatoms. The molecule has 27 nitrogen and oxygen atoms in total. The van der Waals surface area contributed by atoms with Crippen LogP contribution in [0.2, 0.25) is 0 Å². The van der Waals surface area contributed by atoms with Crippen molar-refractivity contribution in [3.63, 3.8) is 0 Å². The van der Waals surface area contributed by atoms with Gasteiger partial charge in [0.1, 0.15) is 50.3 Å². The lowest BCUT2D eigenvalue weighted by molar-refractivity contribution is -0.379. The topological polar surface area (TPSA) is 335 Å². The summed E-state index contributed by atoms with van der Waals surface area (Å²) in [6, 6.07) is 0. The Kier molecular flexibility index (Phi) is 20.8. The van der Waals surface area contributed by atoms with Gasteiger partial charge in [0.05, 0.1) is 0 Å². The van der Waals surface area contributed by atoms with Crippen molar-refractivity contribution >= 4 is 65.7 Å². The van der Waals surface area contributed by atoms with Crippen molar-refractivity contribution in [3.8, 4) is 0 Å². The van der Waals surface area contributed by atoms with Crippen LogP contribution in [0.25, 0.3) is 0 Å². The average Bonchev–Trinajstić information content (AvgIpc) is 3.17. The van der Waals surface area contributed by atoms with E-state index >= 15 is 0 Å². The van der Waals surface area contributed by atoms with E-state index in [0.717, 1.165) is 76.2 Å². The van der Waals surface area contributed by atoms with Gasteiger partial charge >= 0.3 is 65.7 Å². The van der Waals surface area contributed by atoms with Gasteiger partial charge in [0.25, 0.3) is 0 Å². The molecular weight excluding hydrogens is 912 g/mol. The van der Waals surface area contributed by atoms with Gasteiger partial charge in [-0.15, -0.1) is 0 Å². The number of hydrogen-bond donors (Lipinski definition) is 0. The summed E-state index contributed by atoms with van der Waals surface area (Å²) in [6.45, 7) is 8.49. The van der Waals surface area contributed by atoms with Gasteiger partial charge in [-0.25, -0.2) is 0 Å². The maximum Gasteiger partial charge on any atom is 0.305 e. The molecule has 3 aliphatic rings. The fourth-order valence-electron chi connectivity index (χ4n) is 7.01. The van der Waals surface area contributed by atoms with Crippen LogP contribution in [0.3, 0.4) is 0 Å². The van der Waals surface area contributed by atoms with Gasteiger partial charge in [0.2, 0.25) is 12.4 Å². The Balaban J connectivity index is 2.37. The first-order valence-corrected chi connectivity index (χ1v) is 20.3.